The Bertz CT molecular complexity index is 1200. The molecule has 2 aromatic carbocycles. The first-order chi connectivity index (χ1) is 12.7. The number of para-hydroxylation sites is 1. The summed E-state index contributed by atoms with van der Waals surface area (Å²) in [5, 5.41) is 4.52. The van der Waals surface area contributed by atoms with Gasteiger partial charge in [-0.1, -0.05) is 26.0 Å². The zero-order valence-electron chi connectivity index (χ0n) is 15.8. The zero-order chi connectivity index (χ0) is 18.3. The standard InChI is InChI=1S/C20H22N4O2.2ClH/c1-3-23(4-2)12-11-21-14-9-10-15-18-17(14)19(25)13-7-5-6-8-16(13)24(18)20(26)22-15;;/h5-10,21H,3-4,11-12H2,1-2H3,(H,22,26);2*1H. The van der Waals surface area contributed by atoms with Crippen molar-refractivity contribution >= 4 is 57.8 Å². The van der Waals surface area contributed by atoms with E-state index in [1.54, 1.807) is 10.5 Å². The first kappa shape index (κ1) is 22.0. The van der Waals surface area contributed by atoms with Gasteiger partial charge in [0.25, 0.3) is 0 Å². The average Bonchev–Trinajstić information content (AvgIpc) is 3.00. The molecular weight excluding hydrogens is 399 g/mol. The number of likely N-dealkylation sites (N-methyl/N-ethyl adjacent to an activating group) is 1. The molecule has 0 fully saturated rings. The lowest BCUT2D eigenvalue weighted by atomic mass is 10.1. The van der Waals surface area contributed by atoms with E-state index in [4.69, 9.17) is 0 Å². The predicted octanol–water partition coefficient (Wildman–Crippen LogP) is 3.33. The summed E-state index contributed by atoms with van der Waals surface area (Å²) in [4.78, 5) is 30.8. The van der Waals surface area contributed by atoms with Gasteiger partial charge in [-0.25, -0.2) is 4.79 Å². The Labute approximate surface area is 174 Å². The van der Waals surface area contributed by atoms with Crippen molar-refractivity contribution in [3.05, 3.63) is 57.1 Å². The van der Waals surface area contributed by atoms with Crippen LogP contribution in [0.2, 0.25) is 0 Å². The molecular formula is C20H24Cl2N4O2. The van der Waals surface area contributed by atoms with E-state index in [1.807, 2.05) is 30.3 Å². The molecule has 0 atom stereocenters. The van der Waals surface area contributed by atoms with Crippen LogP contribution in [0.5, 0.6) is 0 Å². The minimum absolute atomic E-state index is 0. The van der Waals surface area contributed by atoms with Gasteiger partial charge in [-0.15, -0.1) is 24.8 Å². The number of halogens is 2. The fraction of sp³-hybridized carbons (Fsp3) is 0.300. The van der Waals surface area contributed by atoms with Crippen LogP contribution in [0.25, 0.3) is 27.3 Å². The minimum Gasteiger partial charge on any atom is -0.383 e. The van der Waals surface area contributed by atoms with Gasteiger partial charge in [-0.3, -0.25) is 9.20 Å². The second kappa shape index (κ2) is 8.82. The van der Waals surface area contributed by atoms with Crippen molar-refractivity contribution in [1.82, 2.24) is 14.3 Å². The maximum absolute atomic E-state index is 13.2. The Morgan fingerprint density at radius 3 is 2.46 bits per heavy atom. The third-order valence-corrected chi connectivity index (χ3v) is 5.10. The molecule has 0 aliphatic rings. The van der Waals surface area contributed by atoms with Crippen LogP contribution in [-0.2, 0) is 0 Å². The third kappa shape index (κ3) is 3.43. The topological polar surface area (TPSA) is 69.6 Å². The highest BCUT2D eigenvalue weighted by Gasteiger charge is 2.17. The van der Waals surface area contributed by atoms with E-state index in [0.717, 1.165) is 31.9 Å². The number of hydrogen-bond acceptors (Lipinski definition) is 4. The quantitative estimate of drug-likeness (QED) is 0.467. The molecule has 0 amide bonds. The summed E-state index contributed by atoms with van der Waals surface area (Å²) in [6.07, 6.45) is 0. The third-order valence-electron chi connectivity index (χ3n) is 5.10. The van der Waals surface area contributed by atoms with Crippen molar-refractivity contribution in [3.63, 3.8) is 0 Å². The van der Waals surface area contributed by atoms with E-state index in [9.17, 15) is 9.59 Å². The highest BCUT2D eigenvalue weighted by molar-refractivity contribution is 6.06. The van der Waals surface area contributed by atoms with Crippen LogP contribution in [0.4, 0.5) is 5.69 Å². The summed E-state index contributed by atoms with van der Waals surface area (Å²) >= 11 is 0. The van der Waals surface area contributed by atoms with Crippen molar-refractivity contribution in [2.75, 3.05) is 31.5 Å². The molecule has 0 spiro atoms. The summed E-state index contributed by atoms with van der Waals surface area (Å²) in [6.45, 7) is 7.90. The van der Waals surface area contributed by atoms with Gasteiger partial charge in [-0.05, 0) is 37.4 Å². The number of fused-ring (bicyclic) bond motifs is 2. The number of hydrogen-bond donors (Lipinski definition) is 2. The highest BCUT2D eigenvalue weighted by Crippen LogP contribution is 2.26. The first-order valence-electron chi connectivity index (χ1n) is 9.03. The lowest BCUT2D eigenvalue weighted by Gasteiger charge is -2.19. The van der Waals surface area contributed by atoms with E-state index in [0.29, 0.717) is 27.3 Å². The molecule has 0 saturated heterocycles. The lowest BCUT2D eigenvalue weighted by Crippen LogP contribution is -2.28. The average molecular weight is 423 g/mol. The Hall–Kier alpha value is -2.28. The molecule has 0 radical (unpaired) electrons. The molecule has 0 saturated carbocycles. The summed E-state index contributed by atoms with van der Waals surface area (Å²) in [7, 11) is 0. The van der Waals surface area contributed by atoms with Gasteiger partial charge in [0, 0.05) is 24.2 Å². The van der Waals surface area contributed by atoms with Crippen molar-refractivity contribution in [3.8, 4) is 0 Å². The van der Waals surface area contributed by atoms with Crippen LogP contribution in [0.1, 0.15) is 13.8 Å². The summed E-state index contributed by atoms with van der Waals surface area (Å²) in [5.74, 6) is 0. The molecule has 28 heavy (non-hydrogen) atoms. The van der Waals surface area contributed by atoms with Crippen molar-refractivity contribution in [2.24, 2.45) is 0 Å². The molecule has 4 rings (SSSR count). The molecule has 2 N–H and O–H groups in total. The van der Waals surface area contributed by atoms with Crippen LogP contribution in [0, 0.1) is 0 Å². The fourth-order valence-corrected chi connectivity index (χ4v) is 3.69. The van der Waals surface area contributed by atoms with Crippen LogP contribution in [-0.4, -0.2) is 40.5 Å². The Morgan fingerprint density at radius 2 is 1.75 bits per heavy atom. The number of anilines is 1. The molecule has 0 aliphatic heterocycles. The molecule has 6 nitrogen and oxygen atoms in total. The SMILES string of the molecule is CCN(CC)CCNc1ccc2[nH]c(=O)n3c4ccccc4c(=O)c1c23.Cl.Cl. The van der Waals surface area contributed by atoms with Crippen LogP contribution in [0.3, 0.4) is 0 Å². The molecule has 2 heterocycles. The van der Waals surface area contributed by atoms with Gasteiger partial charge in [-0.2, -0.15) is 0 Å². The number of H-pyrrole nitrogens is 1. The summed E-state index contributed by atoms with van der Waals surface area (Å²) in [5.41, 5.74) is 2.49. The second-order valence-electron chi connectivity index (χ2n) is 6.45. The maximum Gasteiger partial charge on any atom is 0.331 e. The van der Waals surface area contributed by atoms with Gasteiger partial charge in [0.1, 0.15) is 0 Å². The van der Waals surface area contributed by atoms with Crippen molar-refractivity contribution < 1.29 is 0 Å². The first-order valence-corrected chi connectivity index (χ1v) is 9.03. The Balaban J connectivity index is 0.00000140. The van der Waals surface area contributed by atoms with Gasteiger partial charge in [0.15, 0.2) is 5.43 Å². The molecule has 0 bridgehead atoms. The van der Waals surface area contributed by atoms with Gasteiger partial charge in [0.2, 0.25) is 0 Å². The van der Waals surface area contributed by atoms with E-state index < -0.39 is 0 Å². The smallest absolute Gasteiger partial charge is 0.331 e. The number of imidazole rings is 1. The second-order valence-corrected chi connectivity index (χ2v) is 6.45. The van der Waals surface area contributed by atoms with Crippen LogP contribution >= 0.6 is 24.8 Å². The van der Waals surface area contributed by atoms with Crippen LogP contribution in [0.15, 0.2) is 46.0 Å². The van der Waals surface area contributed by atoms with E-state index in [-0.39, 0.29) is 35.9 Å². The van der Waals surface area contributed by atoms with Gasteiger partial charge >= 0.3 is 5.69 Å². The number of aromatic amines is 1. The molecule has 0 unspecified atom stereocenters. The molecule has 2 aromatic heterocycles. The fourth-order valence-electron chi connectivity index (χ4n) is 3.69. The van der Waals surface area contributed by atoms with Crippen molar-refractivity contribution in [1.29, 1.82) is 0 Å². The molecule has 150 valence electrons. The normalized spacial score (nSPS) is 11.1. The predicted molar refractivity (Wildman–Crippen MR) is 121 cm³/mol. The summed E-state index contributed by atoms with van der Waals surface area (Å²) < 4.78 is 1.61. The number of nitrogens with zero attached hydrogens (tertiary/aromatic N) is 2. The van der Waals surface area contributed by atoms with Crippen LogP contribution < -0.4 is 16.4 Å². The van der Waals surface area contributed by atoms with E-state index in [1.165, 1.54) is 0 Å². The number of pyridine rings is 1. The highest BCUT2D eigenvalue weighted by atomic mass is 35.5. The number of rotatable bonds is 6. The van der Waals surface area contributed by atoms with Gasteiger partial charge < -0.3 is 15.2 Å². The monoisotopic (exact) mass is 422 g/mol. The number of aromatic nitrogens is 2. The number of benzene rings is 2. The molecule has 8 heteroatoms. The Morgan fingerprint density at radius 1 is 1.04 bits per heavy atom. The minimum atomic E-state index is -0.221. The number of nitrogens with one attached hydrogen (secondary N) is 2. The van der Waals surface area contributed by atoms with E-state index >= 15 is 0 Å². The summed E-state index contributed by atoms with van der Waals surface area (Å²) in [6, 6.07) is 11.0. The lowest BCUT2D eigenvalue weighted by molar-refractivity contribution is 0.316. The van der Waals surface area contributed by atoms with Gasteiger partial charge in [0.05, 0.1) is 21.9 Å². The largest absolute Gasteiger partial charge is 0.383 e. The maximum atomic E-state index is 13.2. The Kier molecular flexibility index (Phi) is 6.93. The molecule has 4 aromatic rings. The van der Waals surface area contributed by atoms with E-state index in [2.05, 4.69) is 29.0 Å². The zero-order valence-corrected chi connectivity index (χ0v) is 17.5. The molecule has 0 aliphatic carbocycles. The van der Waals surface area contributed by atoms with Crippen molar-refractivity contribution in [2.45, 2.75) is 13.8 Å².